The van der Waals surface area contributed by atoms with Gasteiger partial charge in [-0.05, 0) is 17.7 Å². The summed E-state index contributed by atoms with van der Waals surface area (Å²) in [6.45, 7) is 3.07. The lowest BCUT2D eigenvalue weighted by atomic mass is 10.1. The number of rotatable bonds is 5. The van der Waals surface area contributed by atoms with Gasteiger partial charge in [-0.15, -0.1) is 0 Å². The molecule has 1 aliphatic heterocycles. The van der Waals surface area contributed by atoms with Crippen LogP contribution in [0.4, 0.5) is 0 Å². The molecule has 2 rings (SSSR count). The molecule has 7 nitrogen and oxygen atoms in total. The van der Waals surface area contributed by atoms with Crippen LogP contribution in [0.15, 0.2) is 29.4 Å². The molecule has 1 fully saturated rings. The van der Waals surface area contributed by atoms with Gasteiger partial charge in [-0.3, -0.25) is 9.69 Å². The van der Waals surface area contributed by atoms with Gasteiger partial charge in [-0.25, -0.2) is 10.2 Å². The number of benzene rings is 1. The van der Waals surface area contributed by atoms with Crippen LogP contribution in [0, 0.1) is 0 Å². The second-order valence-corrected chi connectivity index (χ2v) is 4.61. The van der Waals surface area contributed by atoms with Crippen molar-refractivity contribution >= 4 is 18.1 Å². The molecule has 21 heavy (non-hydrogen) atoms. The second-order valence-electron chi connectivity index (χ2n) is 4.61. The number of carboxylic acids is 1. The number of hydrogen-bond acceptors (Lipinski definition) is 5. The average Bonchev–Trinajstić information content (AvgIpc) is 2.49. The molecule has 0 unspecified atom stereocenters. The first kappa shape index (κ1) is 15.1. The first-order chi connectivity index (χ1) is 10.1. The fourth-order valence-corrected chi connectivity index (χ4v) is 1.89. The van der Waals surface area contributed by atoms with E-state index in [0.29, 0.717) is 25.3 Å². The molecule has 0 bridgehead atoms. The topological polar surface area (TPSA) is 91.2 Å². The van der Waals surface area contributed by atoms with Crippen LogP contribution in [0.2, 0.25) is 0 Å². The maximum Gasteiger partial charge on any atom is 0.335 e. The molecule has 0 aliphatic carbocycles. The Balaban J connectivity index is 1.78. The monoisotopic (exact) mass is 291 g/mol. The van der Waals surface area contributed by atoms with Gasteiger partial charge in [0.15, 0.2) is 0 Å². The highest BCUT2D eigenvalue weighted by Gasteiger charge is 2.13. The van der Waals surface area contributed by atoms with Crippen molar-refractivity contribution in [1.82, 2.24) is 10.3 Å². The number of nitrogens with zero attached hydrogens (tertiary/aromatic N) is 2. The highest BCUT2D eigenvalue weighted by molar-refractivity contribution is 5.89. The molecule has 2 N–H and O–H groups in total. The normalized spacial score (nSPS) is 16.0. The summed E-state index contributed by atoms with van der Waals surface area (Å²) in [5.41, 5.74) is 3.37. The van der Waals surface area contributed by atoms with E-state index in [1.165, 1.54) is 18.3 Å². The lowest BCUT2D eigenvalue weighted by Gasteiger charge is -2.25. The zero-order valence-corrected chi connectivity index (χ0v) is 11.5. The third-order valence-electron chi connectivity index (χ3n) is 3.03. The first-order valence-electron chi connectivity index (χ1n) is 6.60. The van der Waals surface area contributed by atoms with Gasteiger partial charge in [0.25, 0.3) is 5.91 Å². The van der Waals surface area contributed by atoms with Crippen molar-refractivity contribution < 1.29 is 19.4 Å². The van der Waals surface area contributed by atoms with Crippen LogP contribution in [0.5, 0.6) is 0 Å². The summed E-state index contributed by atoms with van der Waals surface area (Å²) >= 11 is 0. The van der Waals surface area contributed by atoms with Gasteiger partial charge in [0.2, 0.25) is 0 Å². The van der Waals surface area contributed by atoms with E-state index < -0.39 is 5.97 Å². The summed E-state index contributed by atoms with van der Waals surface area (Å²) in [6, 6.07) is 6.22. The minimum Gasteiger partial charge on any atom is -0.478 e. The van der Waals surface area contributed by atoms with Gasteiger partial charge in [0, 0.05) is 13.1 Å². The van der Waals surface area contributed by atoms with Crippen LogP contribution < -0.4 is 5.43 Å². The molecule has 112 valence electrons. The highest BCUT2D eigenvalue weighted by atomic mass is 16.5. The summed E-state index contributed by atoms with van der Waals surface area (Å²) < 4.78 is 5.20. The summed E-state index contributed by atoms with van der Waals surface area (Å²) in [5.74, 6) is -1.16. The van der Waals surface area contributed by atoms with Crippen molar-refractivity contribution in [2.45, 2.75) is 0 Å². The lowest BCUT2D eigenvalue weighted by Crippen LogP contribution is -2.42. The summed E-state index contributed by atoms with van der Waals surface area (Å²) in [7, 11) is 0. The number of ether oxygens (including phenoxy) is 1. The smallest absolute Gasteiger partial charge is 0.335 e. The molecule has 7 heteroatoms. The number of morpholine rings is 1. The van der Waals surface area contributed by atoms with Crippen molar-refractivity contribution in [1.29, 1.82) is 0 Å². The largest absolute Gasteiger partial charge is 0.478 e. The highest BCUT2D eigenvalue weighted by Crippen LogP contribution is 2.02. The molecule has 1 aliphatic rings. The molecule has 1 heterocycles. The Labute approximate surface area is 122 Å². The summed E-state index contributed by atoms with van der Waals surface area (Å²) in [5, 5.41) is 12.6. The minimum absolute atomic E-state index is 0.185. The van der Waals surface area contributed by atoms with E-state index in [4.69, 9.17) is 9.84 Å². The Kier molecular flexibility index (Phi) is 5.42. The zero-order chi connectivity index (χ0) is 15.1. The van der Waals surface area contributed by atoms with E-state index in [-0.39, 0.29) is 11.5 Å². The fraction of sp³-hybridized carbons (Fsp3) is 0.357. The predicted octanol–water partition coefficient (Wildman–Crippen LogP) is 0.167. The number of hydrazone groups is 1. The Morgan fingerprint density at radius 2 is 1.95 bits per heavy atom. The molecule has 1 aromatic carbocycles. The van der Waals surface area contributed by atoms with Crippen LogP contribution in [0.3, 0.4) is 0 Å². The molecule has 0 spiro atoms. The second kappa shape index (κ2) is 7.51. The average molecular weight is 291 g/mol. The van der Waals surface area contributed by atoms with E-state index in [0.717, 1.165) is 13.1 Å². The maximum absolute atomic E-state index is 11.7. The van der Waals surface area contributed by atoms with Gasteiger partial charge in [-0.2, -0.15) is 5.10 Å². The van der Waals surface area contributed by atoms with Gasteiger partial charge in [0.05, 0.1) is 31.5 Å². The first-order valence-corrected chi connectivity index (χ1v) is 6.60. The van der Waals surface area contributed by atoms with Gasteiger partial charge >= 0.3 is 5.97 Å². The number of hydrogen-bond donors (Lipinski definition) is 2. The number of carboxylic acid groups (broad SMARTS) is 1. The molecular formula is C14H17N3O4. The van der Waals surface area contributed by atoms with Crippen molar-refractivity contribution in [3.05, 3.63) is 35.4 Å². The third-order valence-corrected chi connectivity index (χ3v) is 3.03. The quantitative estimate of drug-likeness (QED) is 0.596. The standard InChI is InChI=1S/C14H17N3O4/c18-13(10-17-5-7-21-8-6-17)16-15-9-11-1-3-12(4-2-11)14(19)20/h1-4,9H,5-8,10H2,(H,16,18)(H,19,20)/b15-9-. The maximum atomic E-state index is 11.7. The summed E-state index contributed by atoms with van der Waals surface area (Å²) in [6.07, 6.45) is 1.48. The number of carbonyl (C=O) groups excluding carboxylic acids is 1. The Bertz CT molecular complexity index is 522. The van der Waals surface area contributed by atoms with E-state index in [1.54, 1.807) is 12.1 Å². The molecule has 1 amide bonds. The van der Waals surface area contributed by atoms with E-state index in [2.05, 4.69) is 10.5 Å². The van der Waals surface area contributed by atoms with Crippen LogP contribution in [0.25, 0.3) is 0 Å². The molecule has 1 aromatic rings. The van der Waals surface area contributed by atoms with Crippen molar-refractivity contribution in [3.63, 3.8) is 0 Å². The number of nitrogens with one attached hydrogen (secondary N) is 1. The van der Waals surface area contributed by atoms with Gasteiger partial charge in [0.1, 0.15) is 0 Å². The lowest BCUT2D eigenvalue weighted by molar-refractivity contribution is -0.123. The Morgan fingerprint density at radius 1 is 1.29 bits per heavy atom. The minimum atomic E-state index is -0.975. The fourth-order valence-electron chi connectivity index (χ4n) is 1.89. The molecule has 0 radical (unpaired) electrons. The molecule has 0 atom stereocenters. The van der Waals surface area contributed by atoms with Crippen LogP contribution in [-0.2, 0) is 9.53 Å². The summed E-state index contributed by atoms with van der Waals surface area (Å²) in [4.78, 5) is 24.4. The van der Waals surface area contributed by atoms with E-state index >= 15 is 0 Å². The van der Waals surface area contributed by atoms with Crippen molar-refractivity contribution in [2.75, 3.05) is 32.8 Å². The van der Waals surface area contributed by atoms with Crippen LogP contribution in [0.1, 0.15) is 15.9 Å². The number of amides is 1. The Hall–Kier alpha value is -2.25. The van der Waals surface area contributed by atoms with Gasteiger partial charge < -0.3 is 9.84 Å². The van der Waals surface area contributed by atoms with Crippen molar-refractivity contribution in [3.8, 4) is 0 Å². The number of aromatic carboxylic acids is 1. The van der Waals surface area contributed by atoms with Gasteiger partial charge in [-0.1, -0.05) is 12.1 Å². The molecular weight excluding hydrogens is 274 g/mol. The number of carbonyl (C=O) groups is 2. The van der Waals surface area contributed by atoms with Crippen LogP contribution in [-0.4, -0.2) is 60.9 Å². The predicted molar refractivity (Wildman–Crippen MR) is 76.4 cm³/mol. The third kappa shape index (κ3) is 4.97. The van der Waals surface area contributed by atoms with E-state index in [9.17, 15) is 9.59 Å². The zero-order valence-electron chi connectivity index (χ0n) is 11.5. The van der Waals surface area contributed by atoms with E-state index in [1.807, 2.05) is 4.90 Å². The molecule has 0 saturated carbocycles. The Morgan fingerprint density at radius 3 is 2.57 bits per heavy atom. The van der Waals surface area contributed by atoms with Crippen LogP contribution >= 0.6 is 0 Å². The molecule has 1 saturated heterocycles. The SMILES string of the molecule is O=C(CN1CCOCC1)N/N=C\c1ccc(C(=O)O)cc1. The van der Waals surface area contributed by atoms with Crippen molar-refractivity contribution in [2.24, 2.45) is 5.10 Å². The molecule has 0 aromatic heterocycles.